The number of halogens is 1. The highest BCUT2D eigenvalue weighted by molar-refractivity contribution is 6.30. The summed E-state index contributed by atoms with van der Waals surface area (Å²) < 4.78 is 0. The van der Waals surface area contributed by atoms with Crippen molar-refractivity contribution in [2.75, 3.05) is 19.6 Å². The topological polar surface area (TPSA) is 23.6 Å². The van der Waals surface area contributed by atoms with Crippen LogP contribution < -0.4 is 0 Å². The van der Waals surface area contributed by atoms with Crippen molar-refractivity contribution in [1.29, 1.82) is 0 Å². The highest BCUT2D eigenvalue weighted by atomic mass is 35.5. The standard InChI is InChI=1S/C26H31ClN2O/c27-22-10-8-21(9-11-22)26(14-4-5-15-26)25(30)29-17-16-28(23-12-13-23)19-24(29)18-20-6-2-1-3-7-20/h1-3,6-11,23-24H,4-5,12-19H2. The summed E-state index contributed by atoms with van der Waals surface area (Å²) >= 11 is 6.16. The Kier molecular flexibility index (Phi) is 5.59. The molecule has 2 aromatic rings. The second-order valence-corrected chi connectivity index (χ2v) is 9.80. The minimum absolute atomic E-state index is 0.249. The molecule has 3 nitrogen and oxygen atoms in total. The van der Waals surface area contributed by atoms with Gasteiger partial charge in [-0.3, -0.25) is 9.69 Å². The third kappa shape index (κ3) is 3.90. The maximum atomic E-state index is 14.2. The zero-order chi connectivity index (χ0) is 20.6. The normalized spacial score (nSPS) is 24.2. The van der Waals surface area contributed by atoms with E-state index in [9.17, 15) is 4.79 Å². The Morgan fingerprint density at radius 1 is 0.967 bits per heavy atom. The lowest BCUT2D eigenvalue weighted by molar-refractivity contribution is -0.142. The summed E-state index contributed by atoms with van der Waals surface area (Å²) in [7, 11) is 0. The Labute approximate surface area is 185 Å². The van der Waals surface area contributed by atoms with Crippen molar-refractivity contribution in [3.8, 4) is 0 Å². The van der Waals surface area contributed by atoms with Crippen molar-refractivity contribution in [2.45, 2.75) is 62.4 Å². The van der Waals surface area contributed by atoms with Crippen LogP contribution in [0.2, 0.25) is 5.02 Å². The van der Waals surface area contributed by atoms with E-state index in [1.165, 1.54) is 18.4 Å². The van der Waals surface area contributed by atoms with Gasteiger partial charge >= 0.3 is 0 Å². The van der Waals surface area contributed by atoms with Crippen LogP contribution in [0.3, 0.4) is 0 Å². The summed E-state index contributed by atoms with van der Waals surface area (Å²) in [4.78, 5) is 19.0. The van der Waals surface area contributed by atoms with Gasteiger partial charge in [0.1, 0.15) is 0 Å². The monoisotopic (exact) mass is 422 g/mol. The van der Waals surface area contributed by atoms with E-state index in [0.29, 0.717) is 5.91 Å². The molecule has 1 saturated heterocycles. The molecule has 2 aliphatic carbocycles. The number of hydrogen-bond acceptors (Lipinski definition) is 2. The molecule has 158 valence electrons. The Bertz CT molecular complexity index is 872. The highest BCUT2D eigenvalue weighted by Crippen LogP contribution is 2.44. The molecule has 3 aliphatic rings. The van der Waals surface area contributed by atoms with Crippen LogP contribution >= 0.6 is 11.6 Å². The molecule has 0 bridgehead atoms. The van der Waals surface area contributed by atoms with Crippen molar-refractivity contribution in [1.82, 2.24) is 9.80 Å². The summed E-state index contributed by atoms with van der Waals surface area (Å²) in [5.41, 5.74) is 2.10. The molecule has 2 aromatic carbocycles. The van der Waals surface area contributed by atoms with Gasteiger partial charge in [0.2, 0.25) is 5.91 Å². The summed E-state index contributed by atoms with van der Waals surface area (Å²) in [5.74, 6) is 0.346. The highest BCUT2D eigenvalue weighted by Gasteiger charge is 2.48. The second-order valence-electron chi connectivity index (χ2n) is 9.36. The summed E-state index contributed by atoms with van der Waals surface area (Å²) in [6.07, 6.45) is 7.73. The third-order valence-corrected chi connectivity index (χ3v) is 7.67. The van der Waals surface area contributed by atoms with E-state index in [4.69, 9.17) is 11.6 Å². The Morgan fingerprint density at radius 3 is 2.33 bits per heavy atom. The SMILES string of the molecule is O=C(N1CCN(C2CC2)CC1Cc1ccccc1)C1(c2ccc(Cl)cc2)CCCC1. The average Bonchev–Trinajstić information content (AvgIpc) is 3.51. The first kappa shape index (κ1) is 20.1. The number of amides is 1. The van der Waals surface area contributed by atoms with Gasteiger partial charge in [-0.1, -0.05) is 66.9 Å². The van der Waals surface area contributed by atoms with E-state index in [0.717, 1.165) is 68.4 Å². The van der Waals surface area contributed by atoms with E-state index in [-0.39, 0.29) is 11.5 Å². The molecule has 0 N–H and O–H groups in total. The molecule has 0 aromatic heterocycles. The van der Waals surface area contributed by atoms with Gasteiger partial charge in [0.15, 0.2) is 0 Å². The molecular formula is C26H31ClN2O. The first-order valence-electron chi connectivity index (χ1n) is 11.5. The fourth-order valence-electron chi connectivity index (χ4n) is 5.63. The molecule has 1 unspecified atom stereocenters. The zero-order valence-electron chi connectivity index (χ0n) is 17.6. The van der Waals surface area contributed by atoms with Gasteiger partial charge in [0.05, 0.1) is 5.41 Å². The molecule has 0 spiro atoms. The smallest absolute Gasteiger partial charge is 0.233 e. The molecule has 5 rings (SSSR count). The molecular weight excluding hydrogens is 392 g/mol. The van der Waals surface area contributed by atoms with Crippen LogP contribution in [0.15, 0.2) is 54.6 Å². The lowest BCUT2D eigenvalue weighted by Gasteiger charge is -2.45. The molecule has 4 heteroatoms. The molecule has 30 heavy (non-hydrogen) atoms. The molecule has 3 fully saturated rings. The molecule has 1 aliphatic heterocycles. The number of benzene rings is 2. The van der Waals surface area contributed by atoms with E-state index >= 15 is 0 Å². The lowest BCUT2D eigenvalue weighted by atomic mass is 9.77. The van der Waals surface area contributed by atoms with Crippen molar-refractivity contribution in [3.05, 3.63) is 70.7 Å². The summed E-state index contributed by atoms with van der Waals surface area (Å²) in [6, 6.07) is 19.7. The van der Waals surface area contributed by atoms with Crippen molar-refractivity contribution in [3.63, 3.8) is 0 Å². The Morgan fingerprint density at radius 2 is 1.67 bits per heavy atom. The van der Waals surface area contributed by atoms with E-state index < -0.39 is 0 Å². The summed E-state index contributed by atoms with van der Waals surface area (Å²) in [6.45, 7) is 2.86. The van der Waals surface area contributed by atoms with Gasteiger partial charge in [0, 0.05) is 36.7 Å². The van der Waals surface area contributed by atoms with Gasteiger partial charge in [-0.25, -0.2) is 0 Å². The second kappa shape index (κ2) is 8.36. The molecule has 2 saturated carbocycles. The molecule has 1 amide bonds. The number of carbonyl (C=O) groups is 1. The van der Waals surface area contributed by atoms with Gasteiger partial charge in [-0.2, -0.15) is 0 Å². The number of hydrogen-bond donors (Lipinski definition) is 0. The maximum Gasteiger partial charge on any atom is 0.233 e. The first-order chi connectivity index (χ1) is 14.7. The van der Waals surface area contributed by atoms with Crippen LogP contribution in [0.4, 0.5) is 0 Å². The Balaban J connectivity index is 1.44. The number of piperazine rings is 1. The van der Waals surface area contributed by atoms with Crippen LogP contribution in [-0.2, 0) is 16.6 Å². The van der Waals surface area contributed by atoms with E-state index in [1.54, 1.807) is 0 Å². The van der Waals surface area contributed by atoms with Gasteiger partial charge in [-0.15, -0.1) is 0 Å². The largest absolute Gasteiger partial charge is 0.336 e. The molecule has 1 atom stereocenters. The average molecular weight is 423 g/mol. The summed E-state index contributed by atoms with van der Waals surface area (Å²) in [5, 5.41) is 0.736. The maximum absolute atomic E-state index is 14.2. The zero-order valence-corrected chi connectivity index (χ0v) is 18.4. The molecule has 0 radical (unpaired) electrons. The van der Waals surface area contributed by atoms with Gasteiger partial charge < -0.3 is 4.90 Å². The van der Waals surface area contributed by atoms with Crippen molar-refractivity contribution in [2.24, 2.45) is 0 Å². The predicted octanol–water partition coefficient (Wildman–Crippen LogP) is 5.07. The quantitative estimate of drug-likeness (QED) is 0.671. The van der Waals surface area contributed by atoms with Crippen molar-refractivity contribution < 1.29 is 4.79 Å². The van der Waals surface area contributed by atoms with Crippen molar-refractivity contribution >= 4 is 17.5 Å². The fourth-order valence-corrected chi connectivity index (χ4v) is 5.75. The van der Waals surface area contributed by atoms with Crippen LogP contribution in [0.5, 0.6) is 0 Å². The number of nitrogens with zero attached hydrogens (tertiary/aromatic N) is 2. The lowest BCUT2D eigenvalue weighted by Crippen LogP contribution is -2.60. The van der Waals surface area contributed by atoms with Crippen LogP contribution in [0.1, 0.15) is 49.7 Å². The van der Waals surface area contributed by atoms with Crippen LogP contribution in [0.25, 0.3) is 0 Å². The van der Waals surface area contributed by atoms with Crippen LogP contribution in [-0.4, -0.2) is 47.4 Å². The minimum atomic E-state index is -0.374. The minimum Gasteiger partial charge on any atom is -0.336 e. The van der Waals surface area contributed by atoms with E-state index in [2.05, 4.69) is 52.3 Å². The van der Waals surface area contributed by atoms with E-state index in [1.807, 2.05) is 12.1 Å². The fraction of sp³-hybridized carbons (Fsp3) is 0.500. The van der Waals surface area contributed by atoms with Gasteiger partial charge in [-0.05, 0) is 55.4 Å². The third-order valence-electron chi connectivity index (χ3n) is 7.42. The van der Waals surface area contributed by atoms with Gasteiger partial charge in [0.25, 0.3) is 0 Å². The van der Waals surface area contributed by atoms with Crippen LogP contribution in [0, 0.1) is 0 Å². The predicted molar refractivity (Wildman–Crippen MR) is 122 cm³/mol. The first-order valence-corrected chi connectivity index (χ1v) is 11.9. The molecule has 1 heterocycles. The number of carbonyl (C=O) groups excluding carboxylic acids is 1. The Hall–Kier alpha value is -1.84. The number of rotatable bonds is 5.